The lowest BCUT2D eigenvalue weighted by molar-refractivity contribution is -0.109. The number of hydrogen-bond acceptors (Lipinski definition) is 3. The summed E-state index contributed by atoms with van der Waals surface area (Å²) in [6, 6.07) is 1.84. The van der Waals surface area contributed by atoms with Crippen LogP contribution < -0.4 is 0 Å². The van der Waals surface area contributed by atoms with Gasteiger partial charge in [0.05, 0.1) is 11.6 Å². The van der Waals surface area contributed by atoms with Gasteiger partial charge in [-0.15, -0.1) is 0 Å². The van der Waals surface area contributed by atoms with Crippen molar-refractivity contribution in [2.45, 2.75) is 25.7 Å². The molecule has 1 atom stereocenters. The lowest BCUT2D eigenvalue weighted by Gasteiger charge is -2.01. The van der Waals surface area contributed by atoms with E-state index in [-0.39, 0.29) is 5.92 Å². The van der Waals surface area contributed by atoms with Crippen LogP contribution in [0, 0.1) is 12.8 Å². The Morgan fingerprint density at radius 1 is 1.75 bits per heavy atom. The molecule has 1 aromatic rings. The second kappa shape index (κ2) is 2.73. The number of aromatic nitrogens is 1. The molecule has 12 heavy (non-hydrogen) atoms. The van der Waals surface area contributed by atoms with Crippen LogP contribution in [0.25, 0.3) is 0 Å². The third-order valence-corrected chi connectivity index (χ3v) is 2.26. The van der Waals surface area contributed by atoms with Crippen molar-refractivity contribution in [1.29, 1.82) is 0 Å². The fourth-order valence-corrected chi connectivity index (χ4v) is 1.42. The van der Waals surface area contributed by atoms with Crippen molar-refractivity contribution >= 4 is 6.29 Å². The lowest BCUT2D eigenvalue weighted by atomic mass is 10.0. The van der Waals surface area contributed by atoms with Gasteiger partial charge in [-0.1, -0.05) is 5.16 Å². The summed E-state index contributed by atoms with van der Waals surface area (Å²) in [5.41, 5.74) is 0.796. The molecule has 3 nitrogen and oxygen atoms in total. The summed E-state index contributed by atoms with van der Waals surface area (Å²) in [6.07, 6.45) is 3.28. The third kappa shape index (κ3) is 1.26. The van der Waals surface area contributed by atoms with Crippen LogP contribution in [0.5, 0.6) is 0 Å². The molecular weight excluding hydrogens is 154 g/mol. The molecule has 0 saturated heterocycles. The van der Waals surface area contributed by atoms with Crippen LogP contribution in [-0.4, -0.2) is 11.4 Å². The van der Waals surface area contributed by atoms with Gasteiger partial charge in [0.1, 0.15) is 12.0 Å². The molecule has 3 heteroatoms. The summed E-state index contributed by atoms with van der Waals surface area (Å²) < 4.78 is 4.92. The van der Waals surface area contributed by atoms with Crippen LogP contribution >= 0.6 is 0 Å². The molecule has 1 fully saturated rings. The highest BCUT2D eigenvalue weighted by atomic mass is 16.5. The fourth-order valence-electron chi connectivity index (χ4n) is 1.42. The normalized spacial score (nSPS) is 19.1. The van der Waals surface area contributed by atoms with Gasteiger partial charge >= 0.3 is 0 Å². The van der Waals surface area contributed by atoms with Crippen LogP contribution in [-0.2, 0) is 4.79 Å². The Morgan fingerprint density at radius 2 is 2.50 bits per heavy atom. The van der Waals surface area contributed by atoms with Gasteiger partial charge in [0.25, 0.3) is 0 Å². The first-order chi connectivity index (χ1) is 5.81. The van der Waals surface area contributed by atoms with Crippen molar-refractivity contribution in [1.82, 2.24) is 5.16 Å². The van der Waals surface area contributed by atoms with E-state index in [0.29, 0.717) is 5.92 Å². The lowest BCUT2D eigenvalue weighted by Crippen LogP contribution is -2.02. The molecule has 1 aliphatic rings. The summed E-state index contributed by atoms with van der Waals surface area (Å²) >= 11 is 0. The van der Waals surface area contributed by atoms with Crippen molar-refractivity contribution < 1.29 is 9.32 Å². The van der Waals surface area contributed by atoms with Crippen molar-refractivity contribution in [2.24, 2.45) is 5.92 Å². The van der Waals surface area contributed by atoms with Crippen LogP contribution in [0.3, 0.4) is 0 Å². The predicted molar refractivity (Wildman–Crippen MR) is 42.8 cm³/mol. The Kier molecular flexibility index (Phi) is 1.71. The molecule has 1 unspecified atom stereocenters. The number of aldehydes is 1. The maximum atomic E-state index is 10.7. The third-order valence-electron chi connectivity index (χ3n) is 2.26. The minimum atomic E-state index is -0.0255. The van der Waals surface area contributed by atoms with Gasteiger partial charge in [0.2, 0.25) is 0 Å². The second-order valence-electron chi connectivity index (χ2n) is 3.36. The van der Waals surface area contributed by atoms with E-state index >= 15 is 0 Å². The zero-order valence-electron chi connectivity index (χ0n) is 6.99. The summed E-state index contributed by atoms with van der Waals surface area (Å²) in [7, 11) is 0. The molecule has 0 amide bonds. The molecule has 2 rings (SSSR count). The van der Waals surface area contributed by atoms with Gasteiger partial charge < -0.3 is 9.32 Å². The van der Waals surface area contributed by atoms with Gasteiger partial charge in [0, 0.05) is 6.07 Å². The first-order valence-corrected chi connectivity index (χ1v) is 4.20. The number of hydrogen-bond donors (Lipinski definition) is 0. The zero-order valence-corrected chi connectivity index (χ0v) is 6.99. The van der Waals surface area contributed by atoms with Crippen LogP contribution in [0.2, 0.25) is 0 Å². The molecule has 0 N–H and O–H groups in total. The van der Waals surface area contributed by atoms with E-state index in [1.165, 1.54) is 0 Å². The number of nitrogens with zero attached hydrogens (tertiary/aromatic N) is 1. The Morgan fingerprint density at radius 3 is 2.92 bits per heavy atom. The quantitative estimate of drug-likeness (QED) is 0.640. The monoisotopic (exact) mass is 165 g/mol. The summed E-state index contributed by atoms with van der Waals surface area (Å²) in [5, 5.41) is 3.84. The van der Waals surface area contributed by atoms with Crippen molar-refractivity contribution in [2.75, 3.05) is 0 Å². The molecule has 0 spiro atoms. The van der Waals surface area contributed by atoms with Gasteiger partial charge in [-0.2, -0.15) is 0 Å². The van der Waals surface area contributed by atoms with E-state index in [1.54, 1.807) is 0 Å². The maximum Gasteiger partial charge on any atom is 0.133 e. The summed E-state index contributed by atoms with van der Waals surface area (Å²) in [4.78, 5) is 10.7. The molecule has 1 heterocycles. The number of aryl methyl sites for hydroxylation is 1. The van der Waals surface area contributed by atoms with Gasteiger partial charge in [0.15, 0.2) is 0 Å². The number of rotatable bonds is 3. The Labute approximate surface area is 70.7 Å². The SMILES string of the molecule is Cc1cc(C(C=O)C2CC2)no1. The Balaban J connectivity index is 2.20. The summed E-state index contributed by atoms with van der Waals surface area (Å²) in [6.45, 7) is 1.84. The number of carbonyl (C=O) groups excluding carboxylic acids is 1. The highest BCUT2D eigenvalue weighted by Gasteiger charge is 2.33. The number of carbonyl (C=O) groups is 1. The molecule has 1 aromatic heterocycles. The van der Waals surface area contributed by atoms with Crippen LogP contribution in [0.1, 0.15) is 30.2 Å². The molecular formula is C9H11NO2. The second-order valence-corrected chi connectivity index (χ2v) is 3.36. The van der Waals surface area contributed by atoms with Crippen LogP contribution in [0.15, 0.2) is 10.6 Å². The molecule has 64 valence electrons. The summed E-state index contributed by atoms with van der Waals surface area (Å²) in [5.74, 6) is 1.27. The largest absolute Gasteiger partial charge is 0.361 e. The van der Waals surface area contributed by atoms with Gasteiger partial charge in [-0.25, -0.2) is 0 Å². The average molecular weight is 165 g/mol. The molecule has 1 saturated carbocycles. The standard InChI is InChI=1S/C9H11NO2/c1-6-4-9(10-12-6)8(5-11)7-2-3-7/h4-5,7-8H,2-3H2,1H3. The smallest absolute Gasteiger partial charge is 0.133 e. The minimum absolute atomic E-state index is 0.0255. The zero-order chi connectivity index (χ0) is 8.55. The molecule has 0 bridgehead atoms. The van der Waals surface area contributed by atoms with Crippen molar-refractivity contribution in [3.8, 4) is 0 Å². The Hall–Kier alpha value is -1.12. The molecule has 0 aromatic carbocycles. The van der Waals surface area contributed by atoms with Crippen molar-refractivity contribution in [3.05, 3.63) is 17.5 Å². The maximum absolute atomic E-state index is 10.7. The van der Waals surface area contributed by atoms with Crippen LogP contribution in [0.4, 0.5) is 0 Å². The molecule has 0 radical (unpaired) electrons. The molecule has 0 aliphatic heterocycles. The van der Waals surface area contributed by atoms with Gasteiger partial charge in [-0.3, -0.25) is 0 Å². The van der Waals surface area contributed by atoms with E-state index in [9.17, 15) is 4.79 Å². The average Bonchev–Trinajstić information content (AvgIpc) is 2.78. The first kappa shape index (κ1) is 7.53. The van der Waals surface area contributed by atoms with E-state index in [0.717, 1.165) is 30.6 Å². The van der Waals surface area contributed by atoms with Crippen molar-refractivity contribution in [3.63, 3.8) is 0 Å². The fraction of sp³-hybridized carbons (Fsp3) is 0.556. The van der Waals surface area contributed by atoms with E-state index in [2.05, 4.69) is 5.16 Å². The van der Waals surface area contributed by atoms with Gasteiger partial charge in [-0.05, 0) is 25.7 Å². The van der Waals surface area contributed by atoms with E-state index < -0.39 is 0 Å². The highest BCUT2D eigenvalue weighted by molar-refractivity contribution is 5.62. The predicted octanol–water partition coefficient (Wildman–Crippen LogP) is 1.68. The van der Waals surface area contributed by atoms with E-state index in [1.807, 2.05) is 13.0 Å². The first-order valence-electron chi connectivity index (χ1n) is 4.20. The highest BCUT2D eigenvalue weighted by Crippen LogP contribution is 2.40. The Bertz CT molecular complexity index is 288. The molecule has 1 aliphatic carbocycles. The van der Waals surface area contributed by atoms with E-state index in [4.69, 9.17) is 4.52 Å². The topological polar surface area (TPSA) is 43.1 Å². The minimum Gasteiger partial charge on any atom is -0.361 e.